The monoisotopic (exact) mass is 454 g/mol. The van der Waals surface area contributed by atoms with E-state index in [1.807, 2.05) is 0 Å². The summed E-state index contributed by atoms with van der Waals surface area (Å²) in [6.45, 7) is 9.25. The van der Waals surface area contributed by atoms with Crippen LogP contribution in [-0.2, 0) is 25.9 Å². The molecule has 0 saturated carbocycles. The average Bonchev–Trinajstić information content (AvgIpc) is 3.00. The minimum absolute atomic E-state index is 0. The van der Waals surface area contributed by atoms with Crippen molar-refractivity contribution in [1.82, 2.24) is 0 Å². The van der Waals surface area contributed by atoms with Crippen LogP contribution in [-0.4, -0.2) is 0 Å². The van der Waals surface area contributed by atoms with Crippen LogP contribution < -0.4 is 37.2 Å². The van der Waals surface area contributed by atoms with Crippen molar-refractivity contribution in [3.8, 4) is 0 Å². The van der Waals surface area contributed by atoms with Gasteiger partial charge in [0.2, 0.25) is 0 Å². The predicted octanol–water partition coefficient (Wildman–Crippen LogP) is -2.75. The first kappa shape index (κ1) is 26.5. The molecular weight excluding hydrogens is 430 g/mol. The van der Waals surface area contributed by atoms with Gasteiger partial charge in [0.15, 0.2) is 0 Å². The molecule has 0 spiro atoms. The van der Waals surface area contributed by atoms with Crippen LogP contribution >= 0.6 is 0 Å². The fraction of sp³-hybridized carbons (Fsp3) is 0.304. The molecule has 142 valence electrons. The van der Waals surface area contributed by atoms with Gasteiger partial charge in [-0.1, -0.05) is 0 Å². The summed E-state index contributed by atoms with van der Waals surface area (Å²) < 4.78 is -0.0572. The van der Waals surface area contributed by atoms with Crippen LogP contribution in [0.15, 0.2) is 84.5 Å². The molecule has 1 aliphatic carbocycles. The van der Waals surface area contributed by atoms with Gasteiger partial charge >= 0.3 is 158 Å². The van der Waals surface area contributed by atoms with Crippen LogP contribution in [0.4, 0.5) is 0 Å². The topological polar surface area (TPSA) is 0 Å². The molecule has 0 fully saturated rings. The number of halogens is 3. The molecule has 0 saturated heterocycles. The Kier molecular flexibility index (Phi) is 9.63. The van der Waals surface area contributed by atoms with Crippen molar-refractivity contribution in [1.29, 1.82) is 0 Å². The summed E-state index contributed by atoms with van der Waals surface area (Å²) in [5, 5.41) is 0. The standard InChI is InChI=1S/C23H25.3ClH.Ti/c1-22(2,3)20-15-16-21(17-20)23(4,18-11-7-5-8-12-18)19-13-9-6-10-14-19;;;;/h5-17H,1-4H3;3*1H;/q;;;;+3/p-3. The van der Waals surface area contributed by atoms with Crippen molar-refractivity contribution in [2.75, 3.05) is 0 Å². The van der Waals surface area contributed by atoms with E-state index in [-0.39, 0.29) is 51.8 Å². The third-order valence-electron chi connectivity index (χ3n) is 5.30. The molecule has 0 nitrogen and oxygen atoms in total. The smallest absolute Gasteiger partial charge is 1.00 e. The van der Waals surface area contributed by atoms with E-state index in [0.717, 1.165) is 0 Å². The normalized spacial score (nSPS) is 18.7. The minimum Gasteiger partial charge on any atom is -1.00 e. The fourth-order valence-corrected chi connectivity index (χ4v) is 4.35. The molecule has 2 aromatic carbocycles. The molecule has 1 atom stereocenters. The molecule has 2 aromatic rings. The molecule has 0 heterocycles. The van der Waals surface area contributed by atoms with Crippen molar-refractivity contribution in [3.05, 3.63) is 95.6 Å². The van der Waals surface area contributed by atoms with Gasteiger partial charge in [0.05, 0.1) is 0 Å². The zero-order valence-electron chi connectivity index (χ0n) is 16.1. The van der Waals surface area contributed by atoms with Gasteiger partial charge in [-0.15, -0.1) is 0 Å². The van der Waals surface area contributed by atoms with Crippen molar-refractivity contribution >= 4 is 0 Å². The summed E-state index contributed by atoms with van der Waals surface area (Å²) >= 11 is 2.36. The molecule has 0 aromatic heterocycles. The van der Waals surface area contributed by atoms with Gasteiger partial charge in [0.1, 0.15) is 0 Å². The first-order valence-corrected chi connectivity index (χ1v) is 9.34. The molecular formula is C23H25Cl3Ti. The summed E-state index contributed by atoms with van der Waals surface area (Å²) in [7, 11) is 0. The Labute approximate surface area is 194 Å². The second-order valence-corrected chi connectivity index (χ2v) is 9.20. The summed E-state index contributed by atoms with van der Waals surface area (Å²) in [4.78, 5) is 0. The Hall–Kier alpha value is -0.496. The number of rotatable bonds is 3. The average molecular weight is 456 g/mol. The summed E-state index contributed by atoms with van der Waals surface area (Å²) in [6.07, 6.45) is 7.20. The number of benzene rings is 2. The summed E-state index contributed by atoms with van der Waals surface area (Å²) in [6, 6.07) is 21.8. The third-order valence-corrected chi connectivity index (χ3v) is 6.57. The largest absolute Gasteiger partial charge is 1.00 e. The Morgan fingerprint density at radius 3 is 1.44 bits per heavy atom. The predicted molar refractivity (Wildman–Crippen MR) is 98.7 cm³/mol. The van der Waals surface area contributed by atoms with E-state index in [1.54, 1.807) is 0 Å². The number of allylic oxidation sites excluding steroid dienone is 4. The van der Waals surface area contributed by atoms with E-state index < -0.39 is 0 Å². The van der Waals surface area contributed by atoms with Gasteiger partial charge < -0.3 is 37.2 Å². The first-order chi connectivity index (χ1) is 11.3. The zero-order chi connectivity index (χ0) is 17.4. The van der Waals surface area contributed by atoms with Crippen LogP contribution in [0.25, 0.3) is 0 Å². The Morgan fingerprint density at radius 2 is 1.11 bits per heavy atom. The van der Waals surface area contributed by atoms with Gasteiger partial charge in [-0.05, 0) is 0 Å². The molecule has 1 unspecified atom stereocenters. The summed E-state index contributed by atoms with van der Waals surface area (Å²) in [5.41, 5.74) is 4.19. The van der Waals surface area contributed by atoms with Crippen LogP contribution in [0.2, 0.25) is 3.72 Å². The Bertz CT molecular complexity index is 737. The maximum Gasteiger partial charge on any atom is -1.00 e. The van der Waals surface area contributed by atoms with Gasteiger partial charge in [-0.25, -0.2) is 0 Å². The summed E-state index contributed by atoms with van der Waals surface area (Å²) in [5.74, 6) is 0. The van der Waals surface area contributed by atoms with Crippen LogP contribution in [0.1, 0.15) is 38.8 Å². The van der Waals surface area contributed by atoms with Gasteiger partial charge in [-0.2, -0.15) is 0 Å². The van der Waals surface area contributed by atoms with Crippen molar-refractivity contribution in [2.45, 2.75) is 36.8 Å². The third kappa shape index (κ3) is 4.92. The molecule has 27 heavy (non-hydrogen) atoms. The van der Waals surface area contributed by atoms with E-state index in [9.17, 15) is 0 Å². The van der Waals surface area contributed by atoms with Gasteiger partial charge in [0.25, 0.3) is 0 Å². The molecule has 0 radical (unpaired) electrons. The van der Waals surface area contributed by atoms with E-state index >= 15 is 0 Å². The van der Waals surface area contributed by atoms with E-state index in [1.165, 1.54) is 16.7 Å². The van der Waals surface area contributed by atoms with Crippen LogP contribution in [0.3, 0.4) is 0 Å². The maximum absolute atomic E-state index is 2.48. The van der Waals surface area contributed by atoms with E-state index in [2.05, 4.69) is 127 Å². The second-order valence-electron chi connectivity index (χ2n) is 7.91. The second kappa shape index (κ2) is 9.81. The Morgan fingerprint density at radius 1 is 0.704 bits per heavy atom. The quantitative estimate of drug-likeness (QED) is 0.441. The van der Waals surface area contributed by atoms with Crippen molar-refractivity contribution in [3.63, 3.8) is 0 Å². The maximum atomic E-state index is 2.48. The van der Waals surface area contributed by atoms with E-state index in [0.29, 0.717) is 0 Å². The molecule has 3 rings (SSSR count). The SMILES string of the molecule is CC(C)(C)C1=C[C]([Ti+3])(C(C)(c2ccccc2)c2ccccc2)C=C1.[Cl-].[Cl-].[Cl-]. The van der Waals surface area contributed by atoms with E-state index in [4.69, 9.17) is 0 Å². The fourth-order valence-electron chi connectivity index (χ4n) is 3.53. The molecule has 1 aliphatic rings. The molecule has 4 heteroatoms. The Balaban J connectivity index is 0.00000225. The molecule has 0 aliphatic heterocycles. The van der Waals surface area contributed by atoms with Gasteiger partial charge in [0, 0.05) is 0 Å². The molecule has 0 bridgehead atoms. The van der Waals surface area contributed by atoms with Gasteiger partial charge in [-0.3, -0.25) is 0 Å². The van der Waals surface area contributed by atoms with Crippen LogP contribution in [0, 0.1) is 5.41 Å². The number of hydrogen-bond acceptors (Lipinski definition) is 0. The van der Waals surface area contributed by atoms with Crippen molar-refractivity contribution in [2.24, 2.45) is 5.41 Å². The van der Waals surface area contributed by atoms with Crippen LogP contribution in [0.5, 0.6) is 0 Å². The molecule has 0 N–H and O–H groups in total. The zero-order valence-corrected chi connectivity index (χ0v) is 20.0. The molecule has 0 amide bonds. The first-order valence-electron chi connectivity index (χ1n) is 8.56. The number of hydrogen-bond donors (Lipinski definition) is 0. The minimum atomic E-state index is -0.112. The van der Waals surface area contributed by atoms with Crippen molar-refractivity contribution < 1.29 is 57.7 Å².